The Morgan fingerprint density at radius 3 is 2.79 bits per heavy atom. The van der Waals surface area contributed by atoms with Gasteiger partial charge in [0.1, 0.15) is 18.2 Å². The number of carbonyl (C=O) groups is 1. The number of ether oxygens (including phenoxy) is 1. The second kappa shape index (κ2) is 8.22. The lowest BCUT2D eigenvalue weighted by molar-refractivity contribution is -0.120. The molecule has 0 saturated carbocycles. The lowest BCUT2D eigenvalue weighted by Crippen LogP contribution is -2.25. The van der Waals surface area contributed by atoms with Crippen molar-refractivity contribution in [3.05, 3.63) is 11.9 Å². The number of anilines is 2. The molecule has 0 aliphatic rings. The summed E-state index contributed by atoms with van der Waals surface area (Å²) in [4.78, 5) is 19.7. The molecule has 0 spiro atoms. The quantitative estimate of drug-likeness (QED) is 0.383. The third kappa shape index (κ3) is 5.49. The Kier molecular flexibility index (Phi) is 6.55. The van der Waals surface area contributed by atoms with Gasteiger partial charge in [0.15, 0.2) is 5.82 Å². The largest absolute Gasteiger partial charge is 0.377 e. The number of nitrogens with zero attached hydrogens (tertiary/aromatic N) is 2. The molecule has 1 rings (SSSR count). The standard InChI is InChI=1S/C11H20N6O2/c1-3-13-11(18)4-5-14-8-6-9(17-12)16-10(15-8)7-19-2/h6H,3-5,7,12H2,1-2H3,(H,13,18)(H2,14,15,16,17). The van der Waals surface area contributed by atoms with Crippen LogP contribution in [0.5, 0.6) is 0 Å². The molecule has 0 aliphatic heterocycles. The second-order valence-corrected chi connectivity index (χ2v) is 3.76. The molecule has 0 atom stereocenters. The zero-order chi connectivity index (χ0) is 14.1. The van der Waals surface area contributed by atoms with E-state index in [1.54, 1.807) is 13.2 Å². The molecular formula is C11H20N6O2. The molecule has 1 heterocycles. The molecule has 0 aliphatic carbocycles. The van der Waals surface area contributed by atoms with Gasteiger partial charge in [-0.05, 0) is 6.92 Å². The van der Waals surface area contributed by atoms with E-state index in [0.29, 0.717) is 43.6 Å². The van der Waals surface area contributed by atoms with Crippen molar-refractivity contribution < 1.29 is 9.53 Å². The van der Waals surface area contributed by atoms with Gasteiger partial charge in [-0.3, -0.25) is 4.79 Å². The molecule has 8 nitrogen and oxygen atoms in total. The Balaban J connectivity index is 2.56. The van der Waals surface area contributed by atoms with Crippen LogP contribution >= 0.6 is 0 Å². The monoisotopic (exact) mass is 268 g/mol. The fraction of sp³-hybridized carbons (Fsp3) is 0.545. The molecule has 0 radical (unpaired) electrons. The Hall–Kier alpha value is -1.93. The predicted octanol–water partition coefficient (Wildman–Crippen LogP) is -0.153. The van der Waals surface area contributed by atoms with Crippen molar-refractivity contribution in [2.45, 2.75) is 20.0 Å². The number of carbonyl (C=O) groups excluding carboxylic acids is 1. The first-order valence-corrected chi connectivity index (χ1v) is 6.03. The highest BCUT2D eigenvalue weighted by atomic mass is 16.5. The molecule has 8 heteroatoms. The predicted molar refractivity (Wildman–Crippen MR) is 72.3 cm³/mol. The maximum absolute atomic E-state index is 11.3. The van der Waals surface area contributed by atoms with Gasteiger partial charge in [0, 0.05) is 32.7 Å². The highest BCUT2D eigenvalue weighted by Crippen LogP contribution is 2.10. The van der Waals surface area contributed by atoms with Crippen LogP contribution in [0, 0.1) is 0 Å². The van der Waals surface area contributed by atoms with Crippen molar-refractivity contribution in [3.63, 3.8) is 0 Å². The lowest BCUT2D eigenvalue weighted by atomic mass is 10.4. The first kappa shape index (κ1) is 15.1. The maximum Gasteiger partial charge on any atom is 0.221 e. The Bertz CT molecular complexity index is 412. The summed E-state index contributed by atoms with van der Waals surface area (Å²) in [6.07, 6.45) is 0.378. The minimum absolute atomic E-state index is 0.00153. The topological polar surface area (TPSA) is 114 Å². The lowest BCUT2D eigenvalue weighted by Gasteiger charge is -2.09. The number of amides is 1. The van der Waals surface area contributed by atoms with E-state index >= 15 is 0 Å². The van der Waals surface area contributed by atoms with Crippen LogP contribution in [0.25, 0.3) is 0 Å². The van der Waals surface area contributed by atoms with Gasteiger partial charge in [0.25, 0.3) is 0 Å². The smallest absolute Gasteiger partial charge is 0.221 e. The maximum atomic E-state index is 11.3. The number of hydrogen-bond donors (Lipinski definition) is 4. The van der Waals surface area contributed by atoms with Crippen molar-refractivity contribution in [1.82, 2.24) is 15.3 Å². The Labute approximate surface area is 112 Å². The summed E-state index contributed by atoms with van der Waals surface area (Å²) >= 11 is 0. The van der Waals surface area contributed by atoms with Crippen molar-refractivity contribution in [2.24, 2.45) is 5.84 Å². The van der Waals surface area contributed by atoms with Crippen LogP contribution in [0.2, 0.25) is 0 Å². The van der Waals surface area contributed by atoms with E-state index in [4.69, 9.17) is 10.6 Å². The second-order valence-electron chi connectivity index (χ2n) is 3.76. The molecule has 0 bridgehead atoms. The van der Waals surface area contributed by atoms with Crippen LogP contribution in [0.15, 0.2) is 6.07 Å². The molecule has 0 fully saturated rings. The summed E-state index contributed by atoms with van der Waals surface area (Å²) in [6.45, 7) is 3.29. The summed E-state index contributed by atoms with van der Waals surface area (Å²) < 4.78 is 4.97. The minimum Gasteiger partial charge on any atom is -0.377 e. The fourth-order valence-electron chi connectivity index (χ4n) is 1.44. The summed E-state index contributed by atoms with van der Waals surface area (Å²) in [6, 6.07) is 1.66. The number of hydrogen-bond acceptors (Lipinski definition) is 7. The van der Waals surface area contributed by atoms with Crippen molar-refractivity contribution in [2.75, 3.05) is 30.9 Å². The molecule has 0 unspecified atom stereocenters. The van der Waals surface area contributed by atoms with Crippen LogP contribution in [-0.2, 0) is 16.1 Å². The van der Waals surface area contributed by atoms with Gasteiger partial charge in [0.05, 0.1) is 0 Å². The van der Waals surface area contributed by atoms with Gasteiger partial charge < -0.3 is 20.8 Å². The fourth-order valence-corrected chi connectivity index (χ4v) is 1.44. The van der Waals surface area contributed by atoms with Crippen LogP contribution < -0.4 is 21.9 Å². The van der Waals surface area contributed by atoms with E-state index < -0.39 is 0 Å². The number of hydrazine groups is 1. The molecule has 0 saturated heterocycles. The van der Waals surface area contributed by atoms with Gasteiger partial charge in [-0.1, -0.05) is 0 Å². The van der Waals surface area contributed by atoms with E-state index in [0.717, 1.165) is 0 Å². The minimum atomic E-state index is -0.00153. The van der Waals surface area contributed by atoms with E-state index in [2.05, 4.69) is 26.0 Å². The molecule has 1 amide bonds. The summed E-state index contributed by atoms with van der Waals surface area (Å²) in [7, 11) is 1.56. The van der Waals surface area contributed by atoms with Crippen molar-refractivity contribution in [1.29, 1.82) is 0 Å². The van der Waals surface area contributed by atoms with Gasteiger partial charge in [0.2, 0.25) is 5.91 Å². The zero-order valence-corrected chi connectivity index (χ0v) is 11.2. The number of nitrogens with two attached hydrogens (primary N) is 1. The molecular weight excluding hydrogens is 248 g/mol. The average molecular weight is 268 g/mol. The van der Waals surface area contributed by atoms with Crippen LogP contribution in [0.3, 0.4) is 0 Å². The third-order valence-electron chi connectivity index (χ3n) is 2.23. The number of nitrogens with one attached hydrogen (secondary N) is 3. The van der Waals surface area contributed by atoms with Crippen molar-refractivity contribution >= 4 is 17.5 Å². The third-order valence-corrected chi connectivity index (χ3v) is 2.23. The van der Waals surface area contributed by atoms with Gasteiger partial charge in [-0.15, -0.1) is 0 Å². The normalized spacial score (nSPS) is 10.1. The van der Waals surface area contributed by atoms with Crippen molar-refractivity contribution in [3.8, 4) is 0 Å². The highest BCUT2D eigenvalue weighted by Gasteiger charge is 2.04. The van der Waals surface area contributed by atoms with E-state index in [9.17, 15) is 4.79 Å². The SMILES string of the molecule is CCNC(=O)CCNc1cc(NN)nc(COC)n1. The molecule has 19 heavy (non-hydrogen) atoms. The highest BCUT2D eigenvalue weighted by molar-refractivity contribution is 5.76. The van der Waals surface area contributed by atoms with Crippen LogP contribution in [0.4, 0.5) is 11.6 Å². The van der Waals surface area contributed by atoms with E-state index in [-0.39, 0.29) is 5.91 Å². The molecule has 5 N–H and O–H groups in total. The van der Waals surface area contributed by atoms with E-state index in [1.807, 2.05) is 6.92 Å². The molecule has 1 aromatic rings. The molecule has 0 aromatic carbocycles. The first-order valence-electron chi connectivity index (χ1n) is 6.03. The summed E-state index contributed by atoms with van der Waals surface area (Å²) in [5, 5.41) is 5.77. The van der Waals surface area contributed by atoms with E-state index in [1.165, 1.54) is 0 Å². The number of methoxy groups -OCH3 is 1. The van der Waals surface area contributed by atoms with Gasteiger partial charge in [-0.2, -0.15) is 0 Å². The zero-order valence-electron chi connectivity index (χ0n) is 11.2. The number of nitrogen functional groups attached to an aromatic ring is 1. The molecule has 106 valence electrons. The first-order chi connectivity index (χ1) is 9.19. The van der Waals surface area contributed by atoms with Gasteiger partial charge >= 0.3 is 0 Å². The van der Waals surface area contributed by atoms with Crippen LogP contribution in [-0.4, -0.2) is 36.1 Å². The Morgan fingerprint density at radius 2 is 2.16 bits per heavy atom. The summed E-state index contributed by atoms with van der Waals surface area (Å²) in [5.41, 5.74) is 2.46. The number of rotatable bonds is 8. The number of aromatic nitrogens is 2. The molecule has 1 aromatic heterocycles. The average Bonchev–Trinajstić information content (AvgIpc) is 2.39. The van der Waals surface area contributed by atoms with Crippen LogP contribution in [0.1, 0.15) is 19.2 Å². The van der Waals surface area contributed by atoms with Gasteiger partial charge in [-0.25, -0.2) is 15.8 Å². The Morgan fingerprint density at radius 1 is 1.42 bits per heavy atom. The summed E-state index contributed by atoms with van der Waals surface area (Å²) in [5.74, 6) is 6.92.